The van der Waals surface area contributed by atoms with Crippen LogP contribution in [-0.2, 0) is 26.3 Å². The summed E-state index contributed by atoms with van der Waals surface area (Å²) in [4.78, 5) is 26.5. The van der Waals surface area contributed by atoms with E-state index in [0.29, 0.717) is 22.4 Å². The third-order valence-corrected chi connectivity index (χ3v) is 6.66. The number of hydrogen-bond donors (Lipinski definition) is 0. The summed E-state index contributed by atoms with van der Waals surface area (Å²) < 4.78 is 11.4. The molecule has 0 atom stereocenters. The van der Waals surface area contributed by atoms with E-state index in [1.165, 1.54) is 22.2 Å². The Labute approximate surface area is 211 Å². The van der Waals surface area contributed by atoms with Crippen LogP contribution in [0, 0.1) is 0 Å². The van der Waals surface area contributed by atoms with Crippen molar-refractivity contribution in [3.05, 3.63) is 70.1 Å². The highest BCUT2D eigenvalue weighted by molar-refractivity contribution is 8.26. The monoisotopic (exact) mass is 497 g/mol. The molecule has 0 bridgehead atoms. The van der Waals surface area contributed by atoms with Crippen LogP contribution in [-0.4, -0.2) is 34.2 Å². The maximum absolute atomic E-state index is 12.7. The Bertz CT molecular complexity index is 1050. The van der Waals surface area contributed by atoms with Crippen molar-refractivity contribution in [2.45, 2.75) is 52.6 Å². The van der Waals surface area contributed by atoms with E-state index in [1.54, 1.807) is 0 Å². The number of rotatable bonds is 9. The van der Waals surface area contributed by atoms with Crippen LogP contribution in [0.5, 0.6) is 5.75 Å². The summed E-state index contributed by atoms with van der Waals surface area (Å²) in [6, 6.07) is 16.1. The molecule has 3 rings (SSSR count). The van der Waals surface area contributed by atoms with Crippen LogP contribution in [0.25, 0.3) is 6.08 Å². The Hall–Kier alpha value is -2.64. The molecule has 1 amide bonds. The molecule has 2 aromatic carbocycles. The van der Waals surface area contributed by atoms with E-state index in [2.05, 4.69) is 45.0 Å². The number of carbonyl (C=O) groups excluding carboxylic acids is 2. The quantitative estimate of drug-likeness (QED) is 0.237. The Balaban J connectivity index is 1.55. The lowest BCUT2D eigenvalue weighted by atomic mass is 9.87. The molecule has 0 spiro atoms. The van der Waals surface area contributed by atoms with E-state index in [4.69, 9.17) is 21.7 Å². The van der Waals surface area contributed by atoms with Gasteiger partial charge in [0.1, 0.15) is 16.7 Å². The first-order valence-corrected chi connectivity index (χ1v) is 12.6. The van der Waals surface area contributed by atoms with E-state index in [0.717, 1.165) is 23.3 Å². The largest absolute Gasteiger partial charge is 0.489 e. The molecule has 34 heavy (non-hydrogen) atoms. The van der Waals surface area contributed by atoms with Gasteiger partial charge in [-0.2, -0.15) is 0 Å². The molecule has 1 aliphatic rings. The molecule has 0 radical (unpaired) electrons. The molecular formula is C27H31NO4S2. The number of hydrogen-bond acceptors (Lipinski definition) is 6. The molecule has 0 aromatic heterocycles. The van der Waals surface area contributed by atoms with Crippen molar-refractivity contribution in [3.8, 4) is 5.75 Å². The highest BCUT2D eigenvalue weighted by atomic mass is 32.2. The number of carbonyl (C=O) groups is 2. The lowest BCUT2D eigenvalue weighted by Gasteiger charge is -2.19. The van der Waals surface area contributed by atoms with Gasteiger partial charge in [-0.05, 0) is 46.7 Å². The van der Waals surface area contributed by atoms with Gasteiger partial charge in [0, 0.05) is 6.54 Å². The van der Waals surface area contributed by atoms with E-state index in [-0.39, 0.29) is 30.3 Å². The molecule has 1 saturated heterocycles. The number of ether oxygens (including phenoxy) is 2. The average Bonchev–Trinajstić information content (AvgIpc) is 3.07. The predicted molar refractivity (Wildman–Crippen MR) is 142 cm³/mol. The van der Waals surface area contributed by atoms with Crippen molar-refractivity contribution in [2.24, 2.45) is 0 Å². The minimum Gasteiger partial charge on any atom is -0.489 e. The summed E-state index contributed by atoms with van der Waals surface area (Å²) in [5.74, 6) is 0.258. The summed E-state index contributed by atoms with van der Waals surface area (Å²) in [6.45, 7) is 9.63. The smallest absolute Gasteiger partial charge is 0.307 e. The molecule has 5 nitrogen and oxygen atoms in total. The van der Waals surface area contributed by atoms with E-state index in [1.807, 2.05) is 37.3 Å². The second kappa shape index (κ2) is 11.7. The van der Waals surface area contributed by atoms with Crippen molar-refractivity contribution in [3.63, 3.8) is 0 Å². The zero-order valence-electron chi connectivity index (χ0n) is 20.1. The molecule has 0 N–H and O–H groups in total. The highest BCUT2D eigenvalue weighted by Crippen LogP contribution is 2.33. The van der Waals surface area contributed by atoms with Crippen LogP contribution in [0.1, 0.15) is 57.2 Å². The molecule has 0 aliphatic carbocycles. The van der Waals surface area contributed by atoms with Crippen molar-refractivity contribution in [2.75, 3.05) is 13.2 Å². The highest BCUT2D eigenvalue weighted by Gasteiger charge is 2.32. The van der Waals surface area contributed by atoms with Crippen LogP contribution in [0.3, 0.4) is 0 Å². The fourth-order valence-corrected chi connectivity index (χ4v) is 4.57. The summed E-state index contributed by atoms with van der Waals surface area (Å²) in [7, 11) is 0. The van der Waals surface area contributed by atoms with Gasteiger partial charge in [-0.25, -0.2) is 0 Å². The summed E-state index contributed by atoms with van der Waals surface area (Å²) in [5.41, 5.74) is 3.41. The normalized spacial score (nSPS) is 15.2. The fourth-order valence-electron chi connectivity index (χ4n) is 3.26. The lowest BCUT2D eigenvalue weighted by molar-refractivity contribution is -0.143. The first kappa shape index (κ1) is 26.0. The number of thiocarbonyl (C=S) groups is 1. The zero-order valence-corrected chi connectivity index (χ0v) is 21.8. The van der Waals surface area contributed by atoms with Crippen LogP contribution < -0.4 is 4.74 Å². The summed E-state index contributed by atoms with van der Waals surface area (Å²) >= 11 is 6.58. The molecule has 0 saturated carbocycles. The number of esters is 1. The van der Waals surface area contributed by atoms with Crippen molar-refractivity contribution in [1.82, 2.24) is 4.90 Å². The second-order valence-electron chi connectivity index (χ2n) is 9.11. The predicted octanol–water partition coefficient (Wildman–Crippen LogP) is 6.11. The van der Waals surface area contributed by atoms with E-state index < -0.39 is 0 Å². The minimum atomic E-state index is -0.319. The molecular weight excluding hydrogens is 466 g/mol. The Morgan fingerprint density at radius 1 is 1.09 bits per heavy atom. The molecule has 7 heteroatoms. The first-order chi connectivity index (χ1) is 16.2. The second-order valence-corrected chi connectivity index (χ2v) is 10.8. The van der Waals surface area contributed by atoms with Crippen LogP contribution in [0.15, 0.2) is 53.4 Å². The van der Waals surface area contributed by atoms with Gasteiger partial charge in [0.05, 0.1) is 17.9 Å². The number of amides is 1. The number of nitrogens with zero attached hydrogens (tertiary/aromatic N) is 1. The van der Waals surface area contributed by atoms with Gasteiger partial charge in [0.15, 0.2) is 0 Å². The third kappa shape index (κ3) is 7.18. The molecule has 180 valence electrons. The van der Waals surface area contributed by atoms with Crippen LogP contribution in [0.2, 0.25) is 0 Å². The third-order valence-electron chi connectivity index (χ3n) is 5.28. The molecule has 2 aromatic rings. The Morgan fingerprint density at radius 3 is 2.38 bits per heavy atom. The Morgan fingerprint density at radius 2 is 1.76 bits per heavy atom. The molecule has 1 heterocycles. The minimum absolute atomic E-state index is 0.129. The number of thioether (sulfide) groups is 1. The maximum atomic E-state index is 12.7. The first-order valence-electron chi connectivity index (χ1n) is 11.4. The SMILES string of the molecule is CCCOC(=O)CCN1C(=O)/C(=C\c2ccc(OCc3ccc(C(C)(C)C)cc3)cc2)SC1=S. The zero-order chi connectivity index (χ0) is 24.7. The van der Waals surface area contributed by atoms with Crippen LogP contribution in [0.4, 0.5) is 0 Å². The van der Waals surface area contributed by atoms with Gasteiger partial charge < -0.3 is 9.47 Å². The molecule has 1 fully saturated rings. The number of benzene rings is 2. The Kier molecular flexibility index (Phi) is 8.91. The summed E-state index contributed by atoms with van der Waals surface area (Å²) in [6.07, 6.45) is 2.71. The molecule has 1 aliphatic heterocycles. The van der Waals surface area contributed by atoms with E-state index in [9.17, 15) is 9.59 Å². The van der Waals surface area contributed by atoms with Gasteiger partial charge in [-0.15, -0.1) is 0 Å². The van der Waals surface area contributed by atoms with Crippen molar-refractivity contribution >= 4 is 46.3 Å². The van der Waals surface area contributed by atoms with Gasteiger partial charge >= 0.3 is 5.97 Å². The van der Waals surface area contributed by atoms with Gasteiger partial charge in [-0.1, -0.05) is 88.1 Å². The average molecular weight is 498 g/mol. The fraction of sp³-hybridized carbons (Fsp3) is 0.370. The van der Waals surface area contributed by atoms with Crippen molar-refractivity contribution in [1.29, 1.82) is 0 Å². The summed E-state index contributed by atoms with van der Waals surface area (Å²) in [5, 5.41) is 0. The van der Waals surface area contributed by atoms with E-state index >= 15 is 0 Å². The van der Waals surface area contributed by atoms with Gasteiger partial charge in [0.25, 0.3) is 5.91 Å². The van der Waals surface area contributed by atoms with Gasteiger partial charge in [-0.3, -0.25) is 14.5 Å². The molecule has 0 unspecified atom stereocenters. The standard InChI is InChI=1S/C27H31NO4S2/c1-5-16-31-24(29)14-15-28-25(30)23(34-26(28)33)17-19-8-12-22(13-9-19)32-18-20-6-10-21(11-7-20)27(2,3)4/h6-13,17H,5,14-16,18H2,1-4H3/b23-17+. The maximum Gasteiger partial charge on any atom is 0.307 e. The van der Waals surface area contributed by atoms with Gasteiger partial charge in [0.2, 0.25) is 0 Å². The van der Waals surface area contributed by atoms with Crippen LogP contribution >= 0.6 is 24.0 Å². The van der Waals surface area contributed by atoms with Crippen molar-refractivity contribution < 1.29 is 19.1 Å². The lowest BCUT2D eigenvalue weighted by Crippen LogP contribution is -2.30. The topological polar surface area (TPSA) is 55.8 Å².